The van der Waals surface area contributed by atoms with Gasteiger partial charge in [0, 0.05) is 18.0 Å². The number of rotatable bonds is 5. The summed E-state index contributed by atoms with van der Waals surface area (Å²) in [5.41, 5.74) is 6.36. The molecule has 0 saturated carbocycles. The third-order valence-electron chi connectivity index (χ3n) is 2.09. The second-order valence-electron chi connectivity index (χ2n) is 3.75. The Morgan fingerprint density at radius 1 is 1.50 bits per heavy atom. The molecule has 0 spiro atoms. The monoisotopic (exact) mass is 271 g/mol. The number of nitrogens with one attached hydrogen (secondary N) is 1. The molecule has 0 aromatic heterocycles. The summed E-state index contributed by atoms with van der Waals surface area (Å²) in [5.74, 6) is 0.851. The third kappa shape index (κ3) is 5.53. The number of sulfone groups is 1. The first-order chi connectivity index (χ1) is 8.40. The number of ether oxygens (including phenoxy) is 1. The molecule has 0 atom stereocenters. The van der Waals surface area contributed by atoms with Crippen molar-refractivity contribution in [3.8, 4) is 5.75 Å². The van der Waals surface area contributed by atoms with Crippen molar-refractivity contribution in [1.29, 1.82) is 0 Å². The van der Waals surface area contributed by atoms with Crippen LogP contribution in [0.5, 0.6) is 5.75 Å². The van der Waals surface area contributed by atoms with Crippen molar-refractivity contribution < 1.29 is 13.2 Å². The molecular formula is C11H17N3O3S. The maximum Gasteiger partial charge on any atom is 0.193 e. The highest BCUT2D eigenvalue weighted by atomic mass is 32.2. The van der Waals surface area contributed by atoms with E-state index in [2.05, 4.69) is 10.3 Å². The lowest BCUT2D eigenvalue weighted by molar-refractivity contribution is 0.415. The Morgan fingerprint density at radius 3 is 2.83 bits per heavy atom. The zero-order valence-corrected chi connectivity index (χ0v) is 11.2. The maximum atomic E-state index is 10.9. The van der Waals surface area contributed by atoms with E-state index in [1.165, 1.54) is 0 Å². The van der Waals surface area contributed by atoms with Crippen LogP contribution in [0.2, 0.25) is 0 Å². The van der Waals surface area contributed by atoms with Gasteiger partial charge in [0.05, 0.1) is 19.4 Å². The van der Waals surface area contributed by atoms with E-state index >= 15 is 0 Å². The highest BCUT2D eigenvalue weighted by molar-refractivity contribution is 7.90. The zero-order valence-electron chi connectivity index (χ0n) is 10.4. The maximum absolute atomic E-state index is 10.9. The summed E-state index contributed by atoms with van der Waals surface area (Å²) < 4.78 is 26.9. The summed E-state index contributed by atoms with van der Waals surface area (Å²) in [6.45, 7) is 0.141. The van der Waals surface area contributed by atoms with Crippen molar-refractivity contribution in [2.75, 3.05) is 31.0 Å². The quantitative estimate of drug-likeness (QED) is 0.599. The second-order valence-corrected chi connectivity index (χ2v) is 6.01. The van der Waals surface area contributed by atoms with Gasteiger partial charge >= 0.3 is 0 Å². The van der Waals surface area contributed by atoms with Gasteiger partial charge in [0.15, 0.2) is 5.96 Å². The van der Waals surface area contributed by atoms with Crippen LogP contribution in [0.3, 0.4) is 0 Å². The van der Waals surface area contributed by atoms with Gasteiger partial charge in [-0.1, -0.05) is 6.07 Å². The van der Waals surface area contributed by atoms with Crippen LogP contribution in [0.4, 0.5) is 5.69 Å². The fraction of sp³-hybridized carbons (Fsp3) is 0.364. The molecule has 0 aliphatic rings. The number of hydrogen-bond donors (Lipinski definition) is 2. The van der Waals surface area contributed by atoms with Crippen LogP contribution < -0.4 is 15.8 Å². The summed E-state index contributed by atoms with van der Waals surface area (Å²) >= 11 is 0. The average molecular weight is 271 g/mol. The molecule has 1 rings (SSSR count). The van der Waals surface area contributed by atoms with Gasteiger partial charge in [0.25, 0.3) is 0 Å². The normalized spacial score (nSPS) is 12.2. The average Bonchev–Trinajstić information content (AvgIpc) is 2.27. The summed E-state index contributed by atoms with van der Waals surface area (Å²) in [6.07, 6.45) is 1.16. The zero-order chi connectivity index (χ0) is 13.6. The van der Waals surface area contributed by atoms with Crippen LogP contribution in [-0.4, -0.2) is 40.0 Å². The second kappa shape index (κ2) is 6.25. The van der Waals surface area contributed by atoms with Crippen LogP contribution in [0.25, 0.3) is 0 Å². The summed E-state index contributed by atoms with van der Waals surface area (Å²) in [5, 5.41) is 2.86. The van der Waals surface area contributed by atoms with E-state index in [9.17, 15) is 8.42 Å². The number of nitrogens with two attached hydrogens (primary N) is 1. The first-order valence-electron chi connectivity index (χ1n) is 5.29. The molecule has 0 aliphatic heterocycles. The van der Waals surface area contributed by atoms with Gasteiger partial charge in [-0.2, -0.15) is 0 Å². The van der Waals surface area contributed by atoms with Crippen LogP contribution in [0, 0.1) is 0 Å². The predicted octanol–water partition coefficient (Wildman–Crippen LogP) is 0.466. The van der Waals surface area contributed by atoms with Crippen molar-refractivity contribution in [3.05, 3.63) is 24.3 Å². The van der Waals surface area contributed by atoms with E-state index in [1.54, 1.807) is 13.2 Å². The molecule has 18 heavy (non-hydrogen) atoms. The number of nitrogens with zero attached hydrogens (tertiary/aromatic N) is 1. The Labute approximate surface area is 107 Å². The molecule has 0 heterocycles. The smallest absolute Gasteiger partial charge is 0.193 e. The highest BCUT2D eigenvalue weighted by Gasteiger charge is 2.01. The molecule has 6 nitrogen and oxygen atoms in total. The molecule has 0 aliphatic carbocycles. The van der Waals surface area contributed by atoms with Crippen LogP contribution in [0.1, 0.15) is 0 Å². The Bertz CT molecular complexity index is 526. The van der Waals surface area contributed by atoms with Crippen molar-refractivity contribution in [2.24, 2.45) is 10.7 Å². The molecule has 100 valence electrons. The Kier molecular flexibility index (Phi) is 4.96. The highest BCUT2D eigenvalue weighted by Crippen LogP contribution is 2.16. The Balaban J connectivity index is 2.58. The fourth-order valence-electron chi connectivity index (χ4n) is 1.22. The topological polar surface area (TPSA) is 93.8 Å². The van der Waals surface area contributed by atoms with Gasteiger partial charge in [-0.25, -0.2) is 8.42 Å². The minimum absolute atomic E-state index is 0.0203. The van der Waals surface area contributed by atoms with Crippen LogP contribution in [-0.2, 0) is 9.84 Å². The van der Waals surface area contributed by atoms with E-state index in [-0.39, 0.29) is 18.3 Å². The van der Waals surface area contributed by atoms with Crippen molar-refractivity contribution >= 4 is 21.5 Å². The Morgan fingerprint density at radius 2 is 2.22 bits per heavy atom. The largest absolute Gasteiger partial charge is 0.497 e. The lowest BCUT2D eigenvalue weighted by Gasteiger charge is -2.07. The number of benzene rings is 1. The predicted molar refractivity (Wildman–Crippen MR) is 72.8 cm³/mol. The molecule has 0 unspecified atom stereocenters. The summed E-state index contributed by atoms with van der Waals surface area (Å²) in [6, 6.07) is 7.19. The van der Waals surface area contributed by atoms with Gasteiger partial charge in [-0.05, 0) is 12.1 Å². The van der Waals surface area contributed by atoms with Crippen molar-refractivity contribution in [1.82, 2.24) is 0 Å². The van der Waals surface area contributed by atoms with Gasteiger partial charge in [0.1, 0.15) is 15.6 Å². The first-order valence-corrected chi connectivity index (χ1v) is 7.35. The number of anilines is 1. The lowest BCUT2D eigenvalue weighted by Crippen LogP contribution is -2.23. The molecule has 1 aromatic rings. The number of hydrogen-bond acceptors (Lipinski definition) is 4. The number of methoxy groups -OCH3 is 1. The molecule has 3 N–H and O–H groups in total. The number of guanidine groups is 1. The van der Waals surface area contributed by atoms with Gasteiger partial charge in [-0.3, -0.25) is 4.99 Å². The lowest BCUT2D eigenvalue weighted by atomic mass is 10.3. The van der Waals surface area contributed by atoms with Crippen molar-refractivity contribution in [3.63, 3.8) is 0 Å². The molecule has 0 bridgehead atoms. The van der Waals surface area contributed by atoms with E-state index < -0.39 is 9.84 Å². The van der Waals surface area contributed by atoms with Gasteiger partial charge < -0.3 is 15.8 Å². The van der Waals surface area contributed by atoms with E-state index in [0.717, 1.165) is 11.9 Å². The van der Waals surface area contributed by atoms with Crippen molar-refractivity contribution in [2.45, 2.75) is 0 Å². The Hall–Kier alpha value is -1.76. The molecular weight excluding hydrogens is 254 g/mol. The summed E-state index contributed by atoms with van der Waals surface area (Å²) in [4.78, 5) is 3.92. The van der Waals surface area contributed by atoms with Gasteiger partial charge in [0.2, 0.25) is 0 Å². The van der Waals surface area contributed by atoms with Gasteiger partial charge in [-0.15, -0.1) is 0 Å². The fourth-order valence-corrected chi connectivity index (χ4v) is 1.64. The minimum atomic E-state index is -3.01. The molecule has 1 aromatic carbocycles. The molecule has 7 heteroatoms. The molecule has 0 radical (unpaired) electrons. The van der Waals surface area contributed by atoms with Crippen LogP contribution in [0.15, 0.2) is 29.3 Å². The van der Waals surface area contributed by atoms with E-state index in [4.69, 9.17) is 10.5 Å². The standard InChI is InChI=1S/C11H17N3O3S/c1-17-10-5-3-4-9(8-10)14-11(12)13-6-7-18(2,15)16/h3-5,8H,6-7H2,1-2H3,(H3,12,13,14). The van der Waals surface area contributed by atoms with Crippen LogP contribution >= 0.6 is 0 Å². The van der Waals surface area contributed by atoms with E-state index in [0.29, 0.717) is 5.75 Å². The van der Waals surface area contributed by atoms with E-state index in [1.807, 2.05) is 18.2 Å². The third-order valence-corrected chi connectivity index (χ3v) is 3.01. The molecule has 0 amide bonds. The minimum Gasteiger partial charge on any atom is -0.497 e. The SMILES string of the molecule is COc1cccc(NC(N)=NCCS(C)(=O)=O)c1. The first kappa shape index (κ1) is 14.3. The molecule has 0 saturated heterocycles. The summed E-state index contributed by atoms with van der Waals surface area (Å²) in [7, 11) is -1.44. The number of aliphatic imine (C=N–C) groups is 1. The molecule has 0 fully saturated rings.